The SMILES string of the molecule is COc1ccc(C(C)C)cc1CNC(=O)C(=O)O. The molecule has 0 spiro atoms. The Morgan fingerprint density at radius 2 is 2.06 bits per heavy atom. The van der Waals surface area contributed by atoms with Crippen LogP contribution in [0.2, 0.25) is 0 Å². The number of carbonyl (C=O) groups excluding carboxylic acids is 1. The summed E-state index contributed by atoms with van der Waals surface area (Å²) < 4.78 is 5.17. The van der Waals surface area contributed by atoms with Crippen molar-refractivity contribution in [3.05, 3.63) is 29.3 Å². The molecule has 0 heterocycles. The fraction of sp³-hybridized carbons (Fsp3) is 0.385. The van der Waals surface area contributed by atoms with Gasteiger partial charge in [0.05, 0.1) is 7.11 Å². The van der Waals surface area contributed by atoms with Crippen molar-refractivity contribution in [1.29, 1.82) is 0 Å². The molecule has 18 heavy (non-hydrogen) atoms. The number of methoxy groups -OCH3 is 1. The first-order valence-electron chi connectivity index (χ1n) is 5.63. The largest absolute Gasteiger partial charge is 0.496 e. The number of hydrogen-bond acceptors (Lipinski definition) is 3. The lowest BCUT2D eigenvalue weighted by atomic mass is 10.0. The molecule has 1 rings (SSSR count). The molecular weight excluding hydrogens is 234 g/mol. The Morgan fingerprint density at radius 3 is 2.56 bits per heavy atom. The van der Waals surface area contributed by atoms with Crippen LogP contribution in [-0.2, 0) is 16.1 Å². The molecule has 5 nitrogen and oxygen atoms in total. The van der Waals surface area contributed by atoms with Crippen LogP contribution in [0.4, 0.5) is 0 Å². The molecule has 0 bridgehead atoms. The molecule has 1 amide bonds. The second-order valence-electron chi connectivity index (χ2n) is 4.21. The number of amides is 1. The highest BCUT2D eigenvalue weighted by atomic mass is 16.5. The van der Waals surface area contributed by atoms with Gasteiger partial charge in [-0.3, -0.25) is 4.79 Å². The van der Waals surface area contributed by atoms with Crippen molar-refractivity contribution in [1.82, 2.24) is 5.32 Å². The summed E-state index contributed by atoms with van der Waals surface area (Å²) in [5.41, 5.74) is 1.87. The zero-order valence-electron chi connectivity index (χ0n) is 10.7. The van der Waals surface area contributed by atoms with Gasteiger partial charge in [-0.15, -0.1) is 0 Å². The van der Waals surface area contributed by atoms with Gasteiger partial charge >= 0.3 is 11.9 Å². The van der Waals surface area contributed by atoms with E-state index in [9.17, 15) is 9.59 Å². The van der Waals surface area contributed by atoms with E-state index in [1.54, 1.807) is 0 Å². The van der Waals surface area contributed by atoms with E-state index in [0.717, 1.165) is 11.1 Å². The lowest BCUT2D eigenvalue weighted by Gasteiger charge is -2.12. The van der Waals surface area contributed by atoms with Gasteiger partial charge in [-0.1, -0.05) is 26.0 Å². The van der Waals surface area contributed by atoms with Gasteiger partial charge in [0.1, 0.15) is 5.75 Å². The topological polar surface area (TPSA) is 75.6 Å². The predicted octanol–water partition coefficient (Wildman–Crippen LogP) is 1.52. The summed E-state index contributed by atoms with van der Waals surface area (Å²) in [4.78, 5) is 21.4. The van der Waals surface area contributed by atoms with Crippen LogP contribution in [-0.4, -0.2) is 24.1 Å². The van der Waals surface area contributed by atoms with Crippen LogP contribution in [0.1, 0.15) is 30.9 Å². The van der Waals surface area contributed by atoms with Crippen molar-refractivity contribution in [3.8, 4) is 5.75 Å². The minimum absolute atomic E-state index is 0.134. The Kier molecular flexibility index (Phi) is 4.71. The van der Waals surface area contributed by atoms with E-state index in [1.165, 1.54) is 7.11 Å². The maximum Gasteiger partial charge on any atom is 0.394 e. The van der Waals surface area contributed by atoms with Crippen LogP contribution in [0.15, 0.2) is 18.2 Å². The molecule has 5 heteroatoms. The Bertz CT molecular complexity index is 454. The van der Waals surface area contributed by atoms with Gasteiger partial charge in [-0.2, -0.15) is 0 Å². The van der Waals surface area contributed by atoms with Crippen molar-refractivity contribution in [2.75, 3.05) is 7.11 Å². The van der Waals surface area contributed by atoms with Gasteiger partial charge < -0.3 is 15.2 Å². The quantitative estimate of drug-likeness (QED) is 0.795. The van der Waals surface area contributed by atoms with Crippen LogP contribution < -0.4 is 10.1 Å². The van der Waals surface area contributed by atoms with Crippen LogP contribution >= 0.6 is 0 Å². The molecule has 0 saturated heterocycles. The molecule has 0 atom stereocenters. The van der Waals surface area contributed by atoms with Gasteiger partial charge in [-0.05, 0) is 17.5 Å². The summed E-state index contributed by atoms with van der Waals surface area (Å²) in [6.07, 6.45) is 0. The molecule has 0 saturated carbocycles. The van der Waals surface area contributed by atoms with Crippen molar-refractivity contribution in [2.45, 2.75) is 26.3 Å². The third-order valence-electron chi connectivity index (χ3n) is 2.60. The predicted molar refractivity (Wildman–Crippen MR) is 66.6 cm³/mol. The minimum Gasteiger partial charge on any atom is -0.496 e. The average molecular weight is 251 g/mol. The van der Waals surface area contributed by atoms with Crippen LogP contribution in [0.25, 0.3) is 0 Å². The first kappa shape index (κ1) is 14.0. The zero-order chi connectivity index (χ0) is 13.7. The molecule has 98 valence electrons. The number of aliphatic carboxylic acids is 1. The second-order valence-corrected chi connectivity index (χ2v) is 4.21. The summed E-state index contributed by atoms with van der Waals surface area (Å²) in [7, 11) is 1.53. The Hall–Kier alpha value is -2.04. The number of carboxylic acids is 1. The van der Waals surface area contributed by atoms with E-state index in [-0.39, 0.29) is 6.54 Å². The van der Waals surface area contributed by atoms with Gasteiger partial charge in [-0.25, -0.2) is 4.79 Å². The maximum atomic E-state index is 11.0. The first-order valence-corrected chi connectivity index (χ1v) is 5.63. The smallest absolute Gasteiger partial charge is 0.394 e. The van der Waals surface area contributed by atoms with E-state index >= 15 is 0 Å². The highest BCUT2D eigenvalue weighted by Gasteiger charge is 2.12. The third-order valence-corrected chi connectivity index (χ3v) is 2.60. The summed E-state index contributed by atoms with van der Waals surface area (Å²) in [5.74, 6) is -1.53. The first-order chi connectivity index (χ1) is 8.45. The number of carboxylic acid groups (broad SMARTS) is 1. The molecule has 0 fully saturated rings. The fourth-order valence-corrected chi connectivity index (χ4v) is 1.55. The van der Waals surface area contributed by atoms with Crippen molar-refractivity contribution < 1.29 is 19.4 Å². The van der Waals surface area contributed by atoms with Gasteiger partial charge in [0.2, 0.25) is 0 Å². The lowest BCUT2D eigenvalue weighted by Crippen LogP contribution is -2.30. The number of nitrogens with one attached hydrogen (secondary N) is 1. The maximum absolute atomic E-state index is 11.0. The molecule has 1 aromatic rings. The van der Waals surface area contributed by atoms with Crippen molar-refractivity contribution in [2.24, 2.45) is 0 Å². The Morgan fingerprint density at radius 1 is 1.39 bits per heavy atom. The van der Waals surface area contributed by atoms with Gasteiger partial charge in [0, 0.05) is 12.1 Å². The molecule has 0 unspecified atom stereocenters. The van der Waals surface area contributed by atoms with E-state index in [2.05, 4.69) is 19.2 Å². The molecule has 0 aliphatic rings. The van der Waals surface area contributed by atoms with Gasteiger partial charge in [0.15, 0.2) is 0 Å². The van der Waals surface area contributed by atoms with E-state index in [4.69, 9.17) is 9.84 Å². The van der Waals surface area contributed by atoms with E-state index < -0.39 is 11.9 Å². The number of hydrogen-bond donors (Lipinski definition) is 2. The average Bonchev–Trinajstić information content (AvgIpc) is 2.35. The number of carbonyl (C=O) groups is 2. The normalized spacial score (nSPS) is 10.2. The number of rotatable bonds is 4. The van der Waals surface area contributed by atoms with Crippen molar-refractivity contribution >= 4 is 11.9 Å². The summed E-state index contributed by atoms with van der Waals surface area (Å²) in [6.45, 7) is 4.25. The summed E-state index contributed by atoms with van der Waals surface area (Å²) in [6, 6.07) is 5.68. The summed E-state index contributed by atoms with van der Waals surface area (Å²) in [5, 5.41) is 10.8. The van der Waals surface area contributed by atoms with Crippen LogP contribution in [0.3, 0.4) is 0 Å². The van der Waals surface area contributed by atoms with E-state index in [1.807, 2.05) is 18.2 Å². The number of ether oxygens (including phenoxy) is 1. The lowest BCUT2D eigenvalue weighted by molar-refractivity contribution is -0.150. The Balaban J connectivity index is 2.88. The van der Waals surface area contributed by atoms with E-state index in [0.29, 0.717) is 11.7 Å². The van der Waals surface area contributed by atoms with Gasteiger partial charge in [0.25, 0.3) is 0 Å². The minimum atomic E-state index is -1.49. The summed E-state index contributed by atoms with van der Waals surface area (Å²) >= 11 is 0. The monoisotopic (exact) mass is 251 g/mol. The Labute approximate surface area is 106 Å². The number of benzene rings is 1. The van der Waals surface area contributed by atoms with Crippen LogP contribution in [0.5, 0.6) is 5.75 Å². The highest BCUT2D eigenvalue weighted by molar-refractivity contribution is 6.31. The fourth-order valence-electron chi connectivity index (χ4n) is 1.55. The standard InChI is InChI=1S/C13H17NO4/c1-8(2)9-4-5-11(18-3)10(6-9)7-14-12(15)13(16)17/h4-6,8H,7H2,1-3H3,(H,14,15)(H,16,17). The molecule has 1 aromatic carbocycles. The molecule has 0 aliphatic carbocycles. The zero-order valence-corrected chi connectivity index (χ0v) is 10.7. The highest BCUT2D eigenvalue weighted by Crippen LogP contribution is 2.23. The molecule has 0 aromatic heterocycles. The molecule has 0 radical (unpaired) electrons. The third kappa shape index (κ3) is 3.48. The van der Waals surface area contributed by atoms with Crippen LogP contribution in [0, 0.1) is 0 Å². The van der Waals surface area contributed by atoms with Crippen molar-refractivity contribution in [3.63, 3.8) is 0 Å². The molecular formula is C13H17NO4. The second kappa shape index (κ2) is 6.05. The molecule has 0 aliphatic heterocycles. The molecule has 2 N–H and O–H groups in total.